The van der Waals surface area contributed by atoms with E-state index in [4.69, 9.17) is 15.2 Å². The van der Waals surface area contributed by atoms with Crippen molar-refractivity contribution in [1.82, 2.24) is 15.0 Å². The van der Waals surface area contributed by atoms with Crippen molar-refractivity contribution < 1.29 is 14.3 Å². The highest BCUT2D eigenvalue weighted by Crippen LogP contribution is 2.20. The zero-order valence-corrected chi connectivity index (χ0v) is 16.8. The summed E-state index contributed by atoms with van der Waals surface area (Å²) in [6.07, 6.45) is 0.102. The van der Waals surface area contributed by atoms with Gasteiger partial charge in [0, 0.05) is 12.2 Å². The molecule has 0 saturated carbocycles. The SMILES string of the molecule is Cc1c(C(=O)Nc2ccc(OCCN)cc2)nnn1-c1ccc(OC(C)C)cc1. The largest absolute Gasteiger partial charge is 0.492 e. The Kier molecular flexibility index (Phi) is 6.46. The molecule has 0 aliphatic carbocycles. The van der Waals surface area contributed by atoms with Gasteiger partial charge in [-0.15, -0.1) is 5.10 Å². The highest BCUT2D eigenvalue weighted by atomic mass is 16.5. The molecular weight excluding hydrogens is 370 g/mol. The van der Waals surface area contributed by atoms with E-state index in [2.05, 4.69) is 15.6 Å². The third kappa shape index (κ3) is 5.11. The van der Waals surface area contributed by atoms with Crippen molar-refractivity contribution >= 4 is 11.6 Å². The van der Waals surface area contributed by atoms with E-state index in [-0.39, 0.29) is 17.7 Å². The second-order valence-electron chi connectivity index (χ2n) is 6.71. The fourth-order valence-corrected chi connectivity index (χ4v) is 2.72. The lowest BCUT2D eigenvalue weighted by Gasteiger charge is -2.10. The second kappa shape index (κ2) is 9.20. The normalized spacial score (nSPS) is 10.8. The highest BCUT2D eigenvalue weighted by Gasteiger charge is 2.17. The zero-order valence-electron chi connectivity index (χ0n) is 16.8. The fraction of sp³-hybridized carbons (Fsp3) is 0.286. The minimum atomic E-state index is -0.330. The average molecular weight is 395 g/mol. The number of hydrogen-bond acceptors (Lipinski definition) is 6. The van der Waals surface area contributed by atoms with Gasteiger partial charge >= 0.3 is 0 Å². The maximum Gasteiger partial charge on any atom is 0.278 e. The molecule has 8 heteroatoms. The van der Waals surface area contributed by atoms with Crippen molar-refractivity contribution in [1.29, 1.82) is 0 Å². The predicted octanol–water partition coefficient (Wildman–Crippen LogP) is 2.95. The van der Waals surface area contributed by atoms with Crippen molar-refractivity contribution in [2.75, 3.05) is 18.5 Å². The standard InChI is InChI=1S/C21H25N5O3/c1-14(2)29-19-10-6-17(7-11-19)26-15(3)20(24-25-26)21(27)23-16-4-8-18(9-5-16)28-13-12-22/h4-11,14H,12-13,22H2,1-3H3,(H,23,27). The average Bonchev–Trinajstić information content (AvgIpc) is 3.09. The molecule has 0 spiro atoms. The first-order chi connectivity index (χ1) is 14.0. The number of hydrogen-bond donors (Lipinski definition) is 2. The smallest absolute Gasteiger partial charge is 0.278 e. The number of rotatable bonds is 8. The highest BCUT2D eigenvalue weighted by molar-refractivity contribution is 6.03. The molecule has 3 aromatic rings. The van der Waals surface area contributed by atoms with Crippen LogP contribution in [0.25, 0.3) is 5.69 Å². The molecule has 1 heterocycles. The third-order valence-corrected chi connectivity index (χ3v) is 4.06. The van der Waals surface area contributed by atoms with Crippen molar-refractivity contribution in [3.05, 3.63) is 59.9 Å². The van der Waals surface area contributed by atoms with Crippen molar-refractivity contribution in [3.63, 3.8) is 0 Å². The Labute approximate surface area is 169 Å². The second-order valence-corrected chi connectivity index (χ2v) is 6.71. The molecule has 3 N–H and O–H groups in total. The van der Waals surface area contributed by atoms with Crippen molar-refractivity contribution in [2.45, 2.75) is 26.9 Å². The summed E-state index contributed by atoms with van der Waals surface area (Å²) in [6, 6.07) is 14.6. The van der Waals surface area contributed by atoms with Gasteiger partial charge in [-0.1, -0.05) is 5.21 Å². The first-order valence-corrected chi connectivity index (χ1v) is 9.41. The summed E-state index contributed by atoms with van der Waals surface area (Å²) in [5.41, 5.74) is 7.76. The summed E-state index contributed by atoms with van der Waals surface area (Å²) < 4.78 is 12.7. The lowest BCUT2D eigenvalue weighted by atomic mass is 10.2. The van der Waals surface area contributed by atoms with Crippen LogP contribution in [0.1, 0.15) is 30.0 Å². The minimum Gasteiger partial charge on any atom is -0.492 e. The number of benzene rings is 2. The first kappa shape index (κ1) is 20.3. The molecule has 29 heavy (non-hydrogen) atoms. The monoisotopic (exact) mass is 395 g/mol. The molecule has 0 aliphatic rings. The Morgan fingerprint density at radius 1 is 1.10 bits per heavy atom. The maximum atomic E-state index is 12.6. The molecule has 0 atom stereocenters. The lowest BCUT2D eigenvalue weighted by molar-refractivity contribution is 0.102. The van der Waals surface area contributed by atoms with Gasteiger partial charge in [-0.2, -0.15) is 0 Å². The summed E-state index contributed by atoms with van der Waals surface area (Å²) >= 11 is 0. The molecule has 152 valence electrons. The third-order valence-electron chi connectivity index (χ3n) is 4.06. The minimum absolute atomic E-state index is 0.102. The number of carbonyl (C=O) groups excluding carboxylic acids is 1. The number of ether oxygens (including phenoxy) is 2. The summed E-state index contributed by atoms with van der Waals surface area (Å²) in [5.74, 6) is 1.14. The van der Waals surface area contributed by atoms with Crippen LogP contribution in [0.3, 0.4) is 0 Å². The quantitative estimate of drug-likeness (QED) is 0.608. The number of aromatic nitrogens is 3. The van der Waals surface area contributed by atoms with E-state index in [1.54, 1.807) is 35.9 Å². The number of nitrogens with zero attached hydrogens (tertiary/aromatic N) is 3. The van der Waals surface area contributed by atoms with Gasteiger partial charge in [0.1, 0.15) is 18.1 Å². The Morgan fingerprint density at radius 3 is 2.38 bits per heavy atom. The molecule has 2 aromatic carbocycles. The molecule has 0 fully saturated rings. The van der Waals surface area contributed by atoms with E-state index in [1.165, 1.54) is 0 Å². The van der Waals surface area contributed by atoms with Gasteiger partial charge in [-0.3, -0.25) is 4.79 Å². The van der Waals surface area contributed by atoms with Gasteiger partial charge in [0.25, 0.3) is 5.91 Å². The van der Waals surface area contributed by atoms with E-state index >= 15 is 0 Å². The van der Waals surface area contributed by atoms with Crippen LogP contribution in [0.2, 0.25) is 0 Å². The molecular formula is C21H25N5O3. The number of anilines is 1. The number of carbonyl (C=O) groups is 1. The summed E-state index contributed by atoms with van der Waals surface area (Å²) in [4.78, 5) is 12.6. The molecule has 1 aromatic heterocycles. The van der Waals surface area contributed by atoms with Crippen LogP contribution < -0.4 is 20.5 Å². The van der Waals surface area contributed by atoms with Gasteiger partial charge < -0.3 is 20.5 Å². The maximum absolute atomic E-state index is 12.6. The first-order valence-electron chi connectivity index (χ1n) is 9.41. The van der Waals surface area contributed by atoms with E-state index in [9.17, 15) is 4.79 Å². The molecule has 8 nitrogen and oxygen atoms in total. The molecule has 0 saturated heterocycles. The number of nitrogens with two attached hydrogens (primary N) is 1. The van der Waals surface area contributed by atoms with Crippen LogP contribution in [0.4, 0.5) is 5.69 Å². The van der Waals surface area contributed by atoms with E-state index < -0.39 is 0 Å². The molecule has 0 unspecified atom stereocenters. The van der Waals surface area contributed by atoms with Gasteiger partial charge in [-0.25, -0.2) is 4.68 Å². The molecule has 0 radical (unpaired) electrons. The van der Waals surface area contributed by atoms with Crippen LogP contribution in [-0.2, 0) is 0 Å². The predicted molar refractivity (Wildman–Crippen MR) is 111 cm³/mol. The molecule has 0 aliphatic heterocycles. The summed E-state index contributed by atoms with van der Waals surface area (Å²) in [6.45, 7) is 6.64. The Balaban J connectivity index is 1.70. The van der Waals surface area contributed by atoms with E-state index in [0.717, 1.165) is 11.4 Å². The number of amides is 1. The van der Waals surface area contributed by atoms with Crippen LogP contribution in [0.15, 0.2) is 48.5 Å². The van der Waals surface area contributed by atoms with Crippen molar-refractivity contribution in [2.24, 2.45) is 5.73 Å². The van der Waals surface area contributed by atoms with Crippen LogP contribution >= 0.6 is 0 Å². The lowest BCUT2D eigenvalue weighted by Crippen LogP contribution is -2.14. The molecule has 3 rings (SSSR count). The number of nitrogens with one attached hydrogen (secondary N) is 1. The van der Waals surface area contributed by atoms with E-state index in [1.807, 2.05) is 38.1 Å². The summed E-state index contributed by atoms with van der Waals surface area (Å²) in [5, 5.41) is 11.0. The van der Waals surface area contributed by atoms with E-state index in [0.29, 0.717) is 30.3 Å². The topological polar surface area (TPSA) is 104 Å². The van der Waals surface area contributed by atoms with Gasteiger partial charge in [0.05, 0.1) is 17.5 Å². The van der Waals surface area contributed by atoms with Gasteiger partial charge in [0.2, 0.25) is 0 Å². The summed E-state index contributed by atoms with van der Waals surface area (Å²) in [7, 11) is 0. The van der Waals surface area contributed by atoms with Gasteiger partial charge in [-0.05, 0) is 69.3 Å². The van der Waals surface area contributed by atoms with Gasteiger partial charge in [0.15, 0.2) is 5.69 Å². The fourth-order valence-electron chi connectivity index (χ4n) is 2.72. The molecule has 1 amide bonds. The zero-order chi connectivity index (χ0) is 20.8. The Morgan fingerprint density at radius 2 is 1.76 bits per heavy atom. The Hall–Kier alpha value is -3.39. The van der Waals surface area contributed by atoms with Crippen LogP contribution in [0, 0.1) is 6.92 Å². The molecule has 0 bridgehead atoms. The van der Waals surface area contributed by atoms with Crippen molar-refractivity contribution in [3.8, 4) is 17.2 Å². The van der Waals surface area contributed by atoms with Crippen LogP contribution in [0.5, 0.6) is 11.5 Å². The Bertz CT molecular complexity index is 949. The van der Waals surface area contributed by atoms with Crippen LogP contribution in [-0.4, -0.2) is 40.2 Å².